The molecule has 1 aromatic rings. The lowest BCUT2D eigenvalue weighted by Crippen LogP contribution is -2.36. The van der Waals surface area contributed by atoms with E-state index in [9.17, 15) is 9.18 Å². The van der Waals surface area contributed by atoms with E-state index in [2.05, 4.69) is 5.32 Å². The van der Waals surface area contributed by atoms with Gasteiger partial charge in [0.15, 0.2) is 0 Å². The minimum absolute atomic E-state index is 0.0282. The van der Waals surface area contributed by atoms with Crippen molar-refractivity contribution < 1.29 is 13.9 Å². The highest BCUT2D eigenvalue weighted by atomic mass is 19.1. The number of likely N-dealkylation sites (N-methyl/N-ethyl adjacent to an activating group) is 1. The fourth-order valence-corrected chi connectivity index (χ4v) is 2.52. The van der Waals surface area contributed by atoms with Crippen molar-refractivity contribution >= 4 is 17.3 Å². The van der Waals surface area contributed by atoms with Gasteiger partial charge in [0, 0.05) is 18.8 Å². The van der Waals surface area contributed by atoms with Crippen LogP contribution in [0.4, 0.5) is 15.8 Å². The maximum atomic E-state index is 13.0. The van der Waals surface area contributed by atoms with E-state index in [1.54, 1.807) is 0 Å². The molecule has 0 radical (unpaired) electrons. The van der Waals surface area contributed by atoms with Gasteiger partial charge in [-0.05, 0) is 44.0 Å². The minimum atomic E-state index is -0.484. The first-order valence-corrected chi connectivity index (χ1v) is 7.16. The van der Waals surface area contributed by atoms with Crippen molar-refractivity contribution in [3.8, 4) is 0 Å². The summed E-state index contributed by atoms with van der Waals surface area (Å²) >= 11 is 0. The Morgan fingerprint density at radius 2 is 2.38 bits per heavy atom. The second kappa shape index (κ2) is 7.38. The van der Waals surface area contributed by atoms with Gasteiger partial charge in [-0.3, -0.25) is 9.69 Å². The number of amides is 1. The number of hydrogen-bond acceptors (Lipinski definition) is 4. The Hall–Kier alpha value is -1.66. The summed E-state index contributed by atoms with van der Waals surface area (Å²) < 4.78 is 18.5. The van der Waals surface area contributed by atoms with E-state index in [4.69, 9.17) is 10.5 Å². The van der Waals surface area contributed by atoms with Crippen molar-refractivity contribution in [3.05, 3.63) is 24.0 Å². The summed E-state index contributed by atoms with van der Waals surface area (Å²) in [5.41, 5.74) is 6.01. The quantitative estimate of drug-likeness (QED) is 0.811. The monoisotopic (exact) mass is 295 g/mol. The number of ether oxygens (including phenoxy) is 1. The SMILES string of the molecule is CN(CC(=O)Nc1ccc(F)c(N)c1)CC1CCCOC1. The van der Waals surface area contributed by atoms with Gasteiger partial charge in [-0.25, -0.2) is 4.39 Å². The third-order valence-electron chi connectivity index (χ3n) is 3.52. The highest BCUT2D eigenvalue weighted by molar-refractivity contribution is 5.92. The molecule has 0 spiro atoms. The molecule has 1 saturated heterocycles. The molecule has 6 heteroatoms. The molecule has 1 aliphatic heterocycles. The molecule has 5 nitrogen and oxygen atoms in total. The second-order valence-corrected chi connectivity index (χ2v) is 5.56. The lowest BCUT2D eigenvalue weighted by Gasteiger charge is -2.26. The molecular formula is C15H22FN3O2. The Bertz CT molecular complexity index is 490. The molecule has 2 rings (SSSR count). The standard InChI is InChI=1S/C15H22FN3O2/c1-19(8-11-3-2-6-21-10-11)9-15(20)18-12-4-5-13(16)14(17)7-12/h4-5,7,11H,2-3,6,8-10,17H2,1H3,(H,18,20). The molecular weight excluding hydrogens is 273 g/mol. The third-order valence-corrected chi connectivity index (χ3v) is 3.52. The van der Waals surface area contributed by atoms with Crippen LogP contribution in [0.2, 0.25) is 0 Å². The summed E-state index contributed by atoms with van der Waals surface area (Å²) in [6.07, 6.45) is 2.22. The van der Waals surface area contributed by atoms with Gasteiger partial charge in [0.2, 0.25) is 5.91 Å². The first-order valence-electron chi connectivity index (χ1n) is 7.16. The zero-order valence-corrected chi connectivity index (χ0v) is 12.3. The molecule has 1 amide bonds. The largest absolute Gasteiger partial charge is 0.396 e. The van der Waals surface area contributed by atoms with Crippen LogP contribution in [0, 0.1) is 11.7 Å². The second-order valence-electron chi connectivity index (χ2n) is 5.56. The molecule has 116 valence electrons. The van der Waals surface area contributed by atoms with Crippen LogP contribution in [-0.2, 0) is 9.53 Å². The molecule has 3 N–H and O–H groups in total. The van der Waals surface area contributed by atoms with Crippen LogP contribution in [0.5, 0.6) is 0 Å². The Morgan fingerprint density at radius 1 is 1.57 bits per heavy atom. The van der Waals surface area contributed by atoms with Crippen LogP contribution in [0.25, 0.3) is 0 Å². The zero-order valence-electron chi connectivity index (χ0n) is 12.3. The van der Waals surface area contributed by atoms with Crippen LogP contribution in [0.15, 0.2) is 18.2 Å². The number of anilines is 2. The normalized spacial score (nSPS) is 18.7. The fourth-order valence-electron chi connectivity index (χ4n) is 2.52. The topological polar surface area (TPSA) is 67.6 Å². The molecule has 21 heavy (non-hydrogen) atoms. The van der Waals surface area contributed by atoms with Crippen molar-refractivity contribution in [1.82, 2.24) is 4.90 Å². The molecule has 0 aromatic heterocycles. The van der Waals surface area contributed by atoms with E-state index >= 15 is 0 Å². The Balaban J connectivity index is 1.78. The van der Waals surface area contributed by atoms with Gasteiger partial charge in [0.05, 0.1) is 18.8 Å². The summed E-state index contributed by atoms with van der Waals surface area (Å²) in [7, 11) is 1.91. The maximum Gasteiger partial charge on any atom is 0.238 e. The van der Waals surface area contributed by atoms with E-state index in [0.717, 1.165) is 32.6 Å². The lowest BCUT2D eigenvalue weighted by atomic mass is 10.0. The average molecular weight is 295 g/mol. The van der Waals surface area contributed by atoms with E-state index < -0.39 is 5.82 Å². The van der Waals surface area contributed by atoms with Crippen LogP contribution < -0.4 is 11.1 Å². The smallest absolute Gasteiger partial charge is 0.238 e. The number of rotatable bonds is 5. The summed E-state index contributed by atoms with van der Waals surface area (Å²) in [4.78, 5) is 13.9. The molecule has 1 aromatic carbocycles. The summed E-state index contributed by atoms with van der Waals surface area (Å²) in [6, 6.07) is 4.16. The van der Waals surface area contributed by atoms with E-state index in [1.807, 2.05) is 11.9 Å². The van der Waals surface area contributed by atoms with Gasteiger partial charge in [-0.1, -0.05) is 0 Å². The van der Waals surface area contributed by atoms with Gasteiger partial charge in [0.25, 0.3) is 0 Å². The van der Waals surface area contributed by atoms with Crippen molar-refractivity contribution in [1.29, 1.82) is 0 Å². The molecule has 1 heterocycles. The number of halogens is 1. The van der Waals surface area contributed by atoms with Crippen molar-refractivity contribution in [2.24, 2.45) is 5.92 Å². The minimum Gasteiger partial charge on any atom is -0.396 e. The van der Waals surface area contributed by atoms with Crippen LogP contribution in [0.3, 0.4) is 0 Å². The van der Waals surface area contributed by atoms with Gasteiger partial charge in [-0.2, -0.15) is 0 Å². The number of nitrogens with one attached hydrogen (secondary N) is 1. The molecule has 1 fully saturated rings. The highest BCUT2D eigenvalue weighted by Crippen LogP contribution is 2.17. The molecule has 0 bridgehead atoms. The number of carbonyl (C=O) groups is 1. The van der Waals surface area contributed by atoms with Gasteiger partial charge >= 0.3 is 0 Å². The first-order chi connectivity index (χ1) is 10.0. The van der Waals surface area contributed by atoms with Crippen LogP contribution in [0.1, 0.15) is 12.8 Å². The van der Waals surface area contributed by atoms with Gasteiger partial charge < -0.3 is 15.8 Å². The predicted octanol–water partition coefficient (Wildman–Crippen LogP) is 1.70. The Labute approximate surface area is 124 Å². The number of benzene rings is 1. The Kier molecular flexibility index (Phi) is 5.52. The molecule has 1 aliphatic rings. The van der Waals surface area contributed by atoms with Crippen LogP contribution in [-0.4, -0.2) is 44.2 Å². The number of nitrogens with zero attached hydrogens (tertiary/aromatic N) is 1. The predicted molar refractivity (Wildman–Crippen MR) is 80.5 cm³/mol. The zero-order chi connectivity index (χ0) is 15.2. The number of nitrogen functional groups attached to an aromatic ring is 1. The number of nitrogens with two attached hydrogens (primary N) is 1. The molecule has 1 unspecified atom stereocenters. The molecule has 0 aliphatic carbocycles. The van der Waals surface area contributed by atoms with Crippen molar-refractivity contribution in [2.75, 3.05) is 44.4 Å². The molecule has 1 atom stereocenters. The van der Waals surface area contributed by atoms with Crippen molar-refractivity contribution in [2.45, 2.75) is 12.8 Å². The summed E-state index contributed by atoms with van der Waals surface area (Å²) in [5, 5.41) is 2.72. The van der Waals surface area contributed by atoms with Gasteiger partial charge in [-0.15, -0.1) is 0 Å². The first kappa shape index (κ1) is 15.7. The third kappa shape index (κ3) is 4.99. The van der Waals surface area contributed by atoms with Crippen molar-refractivity contribution in [3.63, 3.8) is 0 Å². The van der Waals surface area contributed by atoms with Gasteiger partial charge in [0.1, 0.15) is 5.82 Å². The number of hydrogen-bond donors (Lipinski definition) is 2. The summed E-state index contributed by atoms with van der Waals surface area (Å²) in [5.74, 6) is -0.138. The van der Waals surface area contributed by atoms with E-state index in [1.165, 1.54) is 18.2 Å². The maximum absolute atomic E-state index is 13.0. The van der Waals surface area contributed by atoms with E-state index in [0.29, 0.717) is 11.6 Å². The summed E-state index contributed by atoms with van der Waals surface area (Å²) in [6.45, 7) is 2.72. The molecule has 0 saturated carbocycles. The van der Waals surface area contributed by atoms with E-state index in [-0.39, 0.29) is 18.1 Å². The fraction of sp³-hybridized carbons (Fsp3) is 0.533. The van der Waals surface area contributed by atoms with Crippen LogP contribution >= 0.6 is 0 Å². The highest BCUT2D eigenvalue weighted by Gasteiger charge is 2.17. The average Bonchev–Trinajstić information content (AvgIpc) is 2.43. The Morgan fingerprint density at radius 3 is 3.05 bits per heavy atom. The number of carbonyl (C=O) groups excluding carboxylic acids is 1. The lowest BCUT2D eigenvalue weighted by molar-refractivity contribution is -0.117.